The first-order valence-corrected chi connectivity index (χ1v) is 6.73. The second-order valence-electron chi connectivity index (χ2n) is 5.19. The summed E-state index contributed by atoms with van der Waals surface area (Å²) in [6.07, 6.45) is -0.517. The summed E-state index contributed by atoms with van der Waals surface area (Å²) in [5.41, 5.74) is 4.17. The van der Waals surface area contributed by atoms with Crippen LogP contribution in [0.3, 0.4) is 0 Å². The van der Waals surface area contributed by atoms with Crippen molar-refractivity contribution in [1.82, 2.24) is 4.90 Å². The molecule has 0 saturated carbocycles. The second kappa shape index (κ2) is 5.46. The van der Waals surface area contributed by atoms with Gasteiger partial charge in [-0.25, -0.2) is 0 Å². The van der Waals surface area contributed by atoms with Gasteiger partial charge in [-0.05, 0) is 28.8 Å². The Balaban J connectivity index is 1.65. The first-order valence-electron chi connectivity index (χ1n) is 6.73. The highest BCUT2D eigenvalue weighted by Gasteiger charge is 2.21. The third kappa shape index (κ3) is 2.57. The molecule has 1 aliphatic rings. The van der Waals surface area contributed by atoms with Crippen molar-refractivity contribution in [2.45, 2.75) is 19.2 Å². The molecule has 0 amide bonds. The predicted molar refractivity (Wildman–Crippen MR) is 76.7 cm³/mol. The van der Waals surface area contributed by atoms with Gasteiger partial charge in [0, 0.05) is 19.6 Å². The smallest absolute Gasteiger partial charge is 0.0991 e. The van der Waals surface area contributed by atoms with E-state index in [1.54, 1.807) is 12.1 Å². The molecule has 1 atom stereocenters. The lowest BCUT2D eigenvalue weighted by Crippen LogP contribution is -2.23. The van der Waals surface area contributed by atoms with Gasteiger partial charge in [0.1, 0.15) is 0 Å². The summed E-state index contributed by atoms with van der Waals surface area (Å²) in [6.45, 7) is 2.40. The van der Waals surface area contributed by atoms with Gasteiger partial charge in [-0.2, -0.15) is 5.26 Å². The minimum absolute atomic E-state index is 0.517. The molecular formula is C17H16N2O. The molecule has 0 aromatic heterocycles. The maximum absolute atomic E-state index is 10.3. The summed E-state index contributed by atoms with van der Waals surface area (Å²) in [5, 5.41) is 19.1. The molecule has 0 spiro atoms. The van der Waals surface area contributed by atoms with Crippen LogP contribution in [0, 0.1) is 11.3 Å². The third-order valence-electron chi connectivity index (χ3n) is 3.76. The van der Waals surface area contributed by atoms with E-state index in [1.807, 2.05) is 12.1 Å². The van der Waals surface area contributed by atoms with Crippen LogP contribution >= 0.6 is 0 Å². The van der Waals surface area contributed by atoms with E-state index in [1.165, 1.54) is 11.1 Å². The molecule has 2 aromatic rings. The van der Waals surface area contributed by atoms with Crippen molar-refractivity contribution in [1.29, 1.82) is 5.26 Å². The number of nitriles is 1. The van der Waals surface area contributed by atoms with Crippen molar-refractivity contribution >= 4 is 0 Å². The molecule has 3 rings (SSSR count). The van der Waals surface area contributed by atoms with Crippen molar-refractivity contribution in [3.63, 3.8) is 0 Å². The van der Waals surface area contributed by atoms with Crippen LogP contribution in [0.4, 0.5) is 0 Å². The summed E-state index contributed by atoms with van der Waals surface area (Å²) >= 11 is 0. The number of rotatable bonds is 3. The van der Waals surface area contributed by atoms with Crippen LogP contribution in [0.5, 0.6) is 0 Å². The van der Waals surface area contributed by atoms with Gasteiger partial charge < -0.3 is 5.11 Å². The van der Waals surface area contributed by atoms with E-state index < -0.39 is 6.10 Å². The molecule has 2 aromatic carbocycles. The van der Waals surface area contributed by atoms with E-state index in [4.69, 9.17) is 5.26 Å². The number of nitrogens with zero attached hydrogens (tertiary/aromatic N) is 2. The summed E-state index contributed by atoms with van der Waals surface area (Å²) in [4.78, 5) is 2.24. The Labute approximate surface area is 118 Å². The van der Waals surface area contributed by atoms with E-state index in [2.05, 4.69) is 35.2 Å². The quantitative estimate of drug-likeness (QED) is 0.927. The van der Waals surface area contributed by atoms with Crippen LogP contribution in [-0.4, -0.2) is 16.6 Å². The normalized spacial score (nSPS) is 15.6. The van der Waals surface area contributed by atoms with E-state index in [0.717, 1.165) is 18.7 Å². The van der Waals surface area contributed by atoms with Gasteiger partial charge in [0.2, 0.25) is 0 Å². The first kappa shape index (κ1) is 12.9. The van der Waals surface area contributed by atoms with Crippen molar-refractivity contribution in [2.24, 2.45) is 0 Å². The van der Waals surface area contributed by atoms with Gasteiger partial charge in [0.15, 0.2) is 0 Å². The maximum atomic E-state index is 10.3. The van der Waals surface area contributed by atoms with Gasteiger partial charge in [-0.1, -0.05) is 36.4 Å². The number of aliphatic hydroxyl groups excluding tert-OH is 1. The molecule has 0 aliphatic carbocycles. The van der Waals surface area contributed by atoms with Crippen LogP contribution in [0.15, 0.2) is 48.5 Å². The van der Waals surface area contributed by atoms with E-state index >= 15 is 0 Å². The highest BCUT2D eigenvalue weighted by atomic mass is 16.3. The molecule has 0 fully saturated rings. The molecule has 0 bridgehead atoms. The molecule has 0 saturated heterocycles. The zero-order chi connectivity index (χ0) is 13.9. The fourth-order valence-corrected chi connectivity index (χ4v) is 2.66. The number of fused-ring (bicyclic) bond motifs is 1. The van der Waals surface area contributed by atoms with Gasteiger partial charge >= 0.3 is 0 Å². The average Bonchev–Trinajstić information content (AvgIpc) is 2.89. The van der Waals surface area contributed by atoms with Crippen molar-refractivity contribution in [3.8, 4) is 6.07 Å². The zero-order valence-corrected chi connectivity index (χ0v) is 11.2. The van der Waals surface area contributed by atoms with E-state index in [0.29, 0.717) is 12.1 Å². The maximum Gasteiger partial charge on any atom is 0.0991 e. The fraction of sp³-hybridized carbons (Fsp3) is 0.235. The highest BCUT2D eigenvalue weighted by Crippen LogP contribution is 2.25. The molecule has 100 valence electrons. The van der Waals surface area contributed by atoms with Crippen molar-refractivity contribution in [2.75, 3.05) is 6.54 Å². The first-order chi connectivity index (χ1) is 9.76. The van der Waals surface area contributed by atoms with Gasteiger partial charge in [-0.3, -0.25) is 4.90 Å². The zero-order valence-electron chi connectivity index (χ0n) is 11.2. The van der Waals surface area contributed by atoms with Gasteiger partial charge in [0.25, 0.3) is 0 Å². The SMILES string of the molecule is N#Cc1ccc(C(O)CN2Cc3ccccc3C2)cc1. The number of β-amino-alcohol motifs (C(OH)–C–C–N with tert-alkyl or cyclic N) is 1. The molecule has 1 heterocycles. The molecular weight excluding hydrogens is 248 g/mol. The Hall–Kier alpha value is -2.15. The third-order valence-corrected chi connectivity index (χ3v) is 3.76. The summed E-state index contributed by atoms with van der Waals surface area (Å²) < 4.78 is 0. The topological polar surface area (TPSA) is 47.3 Å². The lowest BCUT2D eigenvalue weighted by molar-refractivity contribution is 0.112. The molecule has 1 N–H and O–H groups in total. The average molecular weight is 264 g/mol. The summed E-state index contributed by atoms with van der Waals surface area (Å²) in [6, 6.07) is 17.6. The van der Waals surface area contributed by atoms with Crippen LogP contribution in [0.2, 0.25) is 0 Å². The van der Waals surface area contributed by atoms with Gasteiger partial charge in [0.05, 0.1) is 17.7 Å². The minimum atomic E-state index is -0.517. The van der Waals surface area contributed by atoms with Crippen molar-refractivity contribution < 1.29 is 5.11 Å². The largest absolute Gasteiger partial charge is 0.387 e. The Morgan fingerprint density at radius 1 is 1.05 bits per heavy atom. The number of hydrogen-bond donors (Lipinski definition) is 1. The number of hydrogen-bond acceptors (Lipinski definition) is 3. The predicted octanol–water partition coefficient (Wildman–Crippen LogP) is 2.61. The number of benzene rings is 2. The molecule has 1 aliphatic heterocycles. The summed E-state index contributed by atoms with van der Waals surface area (Å²) in [5.74, 6) is 0. The van der Waals surface area contributed by atoms with Crippen LogP contribution < -0.4 is 0 Å². The van der Waals surface area contributed by atoms with Gasteiger partial charge in [-0.15, -0.1) is 0 Å². The lowest BCUT2D eigenvalue weighted by Gasteiger charge is -2.19. The van der Waals surface area contributed by atoms with E-state index in [-0.39, 0.29) is 0 Å². The van der Waals surface area contributed by atoms with Crippen molar-refractivity contribution in [3.05, 3.63) is 70.8 Å². The fourth-order valence-electron chi connectivity index (χ4n) is 2.66. The van der Waals surface area contributed by atoms with E-state index in [9.17, 15) is 5.11 Å². The van der Waals surface area contributed by atoms with Crippen LogP contribution in [0.1, 0.15) is 28.4 Å². The highest BCUT2D eigenvalue weighted by molar-refractivity contribution is 5.33. The van der Waals surface area contributed by atoms with Crippen LogP contribution in [0.25, 0.3) is 0 Å². The standard InChI is InChI=1S/C17H16N2O/c18-9-13-5-7-14(8-6-13)17(20)12-19-10-15-3-1-2-4-16(15)11-19/h1-8,17,20H,10-12H2. The summed E-state index contributed by atoms with van der Waals surface area (Å²) in [7, 11) is 0. The molecule has 1 unspecified atom stereocenters. The molecule has 0 radical (unpaired) electrons. The molecule has 3 nitrogen and oxygen atoms in total. The lowest BCUT2D eigenvalue weighted by atomic mass is 10.1. The second-order valence-corrected chi connectivity index (χ2v) is 5.19. The monoisotopic (exact) mass is 264 g/mol. The Bertz CT molecular complexity index is 618. The molecule has 3 heteroatoms. The number of aliphatic hydroxyl groups is 1. The Morgan fingerprint density at radius 2 is 1.65 bits per heavy atom. The van der Waals surface area contributed by atoms with Crippen LogP contribution in [-0.2, 0) is 13.1 Å². The minimum Gasteiger partial charge on any atom is -0.387 e. The Morgan fingerprint density at radius 3 is 2.20 bits per heavy atom. The Kier molecular flexibility index (Phi) is 3.51. The molecule has 20 heavy (non-hydrogen) atoms.